The van der Waals surface area contributed by atoms with Gasteiger partial charge in [-0.1, -0.05) is 0 Å². The molecule has 0 spiro atoms. The molecule has 4 rings (SSSR count). The molecule has 0 aliphatic carbocycles. The van der Waals surface area contributed by atoms with Crippen LogP contribution in [0.25, 0.3) is 16.8 Å². The van der Waals surface area contributed by atoms with E-state index in [0.717, 1.165) is 19.2 Å². The smallest absolute Gasteiger partial charge is 0.264 e. The number of rotatable bonds is 5. The quantitative estimate of drug-likeness (QED) is 0.612. The third-order valence-electron chi connectivity index (χ3n) is 5.15. The van der Waals surface area contributed by atoms with Gasteiger partial charge in [0.15, 0.2) is 0 Å². The number of anilines is 1. The fraction of sp³-hybridized carbons (Fsp3) is 0.227. The third kappa shape index (κ3) is 3.89. The summed E-state index contributed by atoms with van der Waals surface area (Å²) < 4.78 is 7.66. The standard InChI is InChI=1S/C22H23N7O2/c1-14-20(31-16-6-7-25-19(10-16)15(11-23)12-24)5-4-18(27-14)17-13-26-22-28(2)8-3-9-29(22)21(17)30/h4-7,10-13,23H,3,8-9,24H2,1-2H3/b15-12+,23-11?. The van der Waals surface area contributed by atoms with E-state index < -0.39 is 0 Å². The average molecular weight is 417 g/mol. The highest BCUT2D eigenvalue weighted by Crippen LogP contribution is 2.27. The molecule has 0 atom stereocenters. The van der Waals surface area contributed by atoms with Gasteiger partial charge in [-0.3, -0.25) is 14.3 Å². The first-order valence-electron chi connectivity index (χ1n) is 9.87. The Labute approximate surface area is 179 Å². The van der Waals surface area contributed by atoms with Crippen LogP contribution < -0.4 is 20.9 Å². The average Bonchev–Trinajstić information content (AvgIpc) is 2.77. The van der Waals surface area contributed by atoms with E-state index in [1.807, 2.05) is 18.9 Å². The highest BCUT2D eigenvalue weighted by atomic mass is 16.5. The van der Waals surface area contributed by atoms with Gasteiger partial charge in [-0.05, 0) is 31.5 Å². The fourth-order valence-electron chi connectivity index (χ4n) is 3.50. The summed E-state index contributed by atoms with van der Waals surface area (Å²) in [5.41, 5.74) is 8.12. The molecule has 1 aliphatic rings. The van der Waals surface area contributed by atoms with Crippen molar-refractivity contribution in [3.05, 3.63) is 64.6 Å². The van der Waals surface area contributed by atoms with Crippen LogP contribution in [0, 0.1) is 12.3 Å². The first-order chi connectivity index (χ1) is 15.0. The molecule has 3 aromatic heterocycles. The lowest BCUT2D eigenvalue weighted by atomic mass is 10.2. The zero-order valence-electron chi connectivity index (χ0n) is 17.4. The third-order valence-corrected chi connectivity index (χ3v) is 5.15. The molecular formula is C22H23N7O2. The molecule has 4 heterocycles. The number of nitrogens with one attached hydrogen (secondary N) is 1. The second-order valence-electron chi connectivity index (χ2n) is 7.23. The number of fused-ring (bicyclic) bond motifs is 1. The molecule has 3 N–H and O–H groups in total. The minimum absolute atomic E-state index is 0.0939. The number of aryl methyl sites for hydroxylation is 1. The largest absolute Gasteiger partial charge is 0.455 e. The number of pyridine rings is 2. The Morgan fingerprint density at radius 1 is 1.26 bits per heavy atom. The molecule has 0 radical (unpaired) electrons. The molecule has 0 saturated carbocycles. The number of allylic oxidation sites excluding steroid dienone is 1. The van der Waals surface area contributed by atoms with Crippen molar-refractivity contribution in [2.45, 2.75) is 19.9 Å². The van der Waals surface area contributed by atoms with Gasteiger partial charge in [0, 0.05) is 56.6 Å². The van der Waals surface area contributed by atoms with Crippen LogP contribution in [-0.2, 0) is 6.54 Å². The topological polar surface area (TPSA) is 123 Å². The van der Waals surface area contributed by atoms with Gasteiger partial charge in [0.25, 0.3) is 5.56 Å². The van der Waals surface area contributed by atoms with Gasteiger partial charge in [0.2, 0.25) is 5.95 Å². The SMILES string of the molecule is Cc1nc(-c2cnc3n(c2=O)CCCN3C)ccc1Oc1ccnc(/C(C=N)=C/N)c1. The van der Waals surface area contributed by atoms with Crippen molar-refractivity contribution in [1.29, 1.82) is 5.41 Å². The van der Waals surface area contributed by atoms with E-state index in [2.05, 4.69) is 15.0 Å². The summed E-state index contributed by atoms with van der Waals surface area (Å²) >= 11 is 0. The number of hydrogen-bond acceptors (Lipinski definition) is 8. The van der Waals surface area contributed by atoms with Crippen molar-refractivity contribution >= 4 is 17.7 Å². The normalized spacial score (nSPS) is 13.6. The molecule has 0 bridgehead atoms. The van der Waals surface area contributed by atoms with Crippen LogP contribution in [0.4, 0.5) is 5.95 Å². The number of hydrogen-bond donors (Lipinski definition) is 2. The highest BCUT2D eigenvalue weighted by Gasteiger charge is 2.19. The second-order valence-corrected chi connectivity index (χ2v) is 7.23. The lowest BCUT2D eigenvalue weighted by Crippen LogP contribution is -2.36. The Hall–Kier alpha value is -4.01. The first kappa shape index (κ1) is 20.3. The van der Waals surface area contributed by atoms with Crippen molar-refractivity contribution in [1.82, 2.24) is 19.5 Å². The molecule has 1 aliphatic heterocycles. The van der Waals surface area contributed by atoms with E-state index in [4.69, 9.17) is 15.9 Å². The summed E-state index contributed by atoms with van der Waals surface area (Å²) in [6, 6.07) is 6.95. The molecule has 0 unspecified atom stereocenters. The number of nitrogens with zero attached hydrogens (tertiary/aromatic N) is 5. The zero-order valence-corrected chi connectivity index (χ0v) is 17.4. The maximum absolute atomic E-state index is 13.0. The van der Waals surface area contributed by atoms with Gasteiger partial charge in [-0.2, -0.15) is 0 Å². The summed E-state index contributed by atoms with van der Waals surface area (Å²) in [7, 11) is 1.94. The minimum Gasteiger partial charge on any atom is -0.455 e. The molecule has 0 fully saturated rings. The Kier molecular flexibility index (Phi) is 5.48. The second kappa shape index (κ2) is 8.39. The van der Waals surface area contributed by atoms with Crippen LogP contribution in [0.3, 0.4) is 0 Å². The van der Waals surface area contributed by atoms with E-state index in [-0.39, 0.29) is 5.56 Å². The Morgan fingerprint density at radius 2 is 2.10 bits per heavy atom. The Bertz CT molecular complexity index is 1230. The van der Waals surface area contributed by atoms with Crippen LogP contribution in [0.1, 0.15) is 17.8 Å². The van der Waals surface area contributed by atoms with Crippen molar-refractivity contribution in [2.24, 2.45) is 5.73 Å². The first-order valence-corrected chi connectivity index (χ1v) is 9.87. The van der Waals surface area contributed by atoms with Gasteiger partial charge in [0.05, 0.1) is 22.6 Å². The van der Waals surface area contributed by atoms with E-state index in [1.54, 1.807) is 41.2 Å². The van der Waals surface area contributed by atoms with Crippen LogP contribution >= 0.6 is 0 Å². The number of nitrogens with two attached hydrogens (primary N) is 1. The van der Waals surface area contributed by atoms with Crippen molar-refractivity contribution in [3.8, 4) is 22.8 Å². The molecule has 3 aromatic rings. The van der Waals surface area contributed by atoms with E-state index in [1.165, 1.54) is 6.20 Å². The Balaban J connectivity index is 1.64. The fourth-order valence-corrected chi connectivity index (χ4v) is 3.50. The van der Waals surface area contributed by atoms with E-state index in [0.29, 0.717) is 52.2 Å². The summed E-state index contributed by atoms with van der Waals surface area (Å²) in [5, 5.41) is 7.42. The molecule has 0 saturated heterocycles. The van der Waals surface area contributed by atoms with Gasteiger partial charge in [0.1, 0.15) is 11.5 Å². The molecule has 0 aromatic carbocycles. The van der Waals surface area contributed by atoms with Crippen LogP contribution in [-0.4, -0.2) is 39.3 Å². The maximum atomic E-state index is 13.0. The molecule has 31 heavy (non-hydrogen) atoms. The van der Waals surface area contributed by atoms with Crippen molar-refractivity contribution in [2.75, 3.05) is 18.5 Å². The van der Waals surface area contributed by atoms with E-state index in [9.17, 15) is 4.79 Å². The molecule has 9 heteroatoms. The number of ether oxygens (including phenoxy) is 1. The Morgan fingerprint density at radius 3 is 2.84 bits per heavy atom. The molecule has 9 nitrogen and oxygen atoms in total. The lowest BCUT2D eigenvalue weighted by molar-refractivity contribution is 0.475. The van der Waals surface area contributed by atoms with Gasteiger partial charge >= 0.3 is 0 Å². The van der Waals surface area contributed by atoms with Crippen LogP contribution in [0.2, 0.25) is 0 Å². The molecule has 158 valence electrons. The predicted molar refractivity (Wildman–Crippen MR) is 120 cm³/mol. The lowest BCUT2D eigenvalue weighted by Gasteiger charge is -2.27. The van der Waals surface area contributed by atoms with Gasteiger partial charge in [-0.15, -0.1) is 0 Å². The van der Waals surface area contributed by atoms with Crippen LogP contribution in [0.15, 0.2) is 47.7 Å². The zero-order chi connectivity index (χ0) is 22.0. The van der Waals surface area contributed by atoms with Crippen LogP contribution in [0.5, 0.6) is 11.5 Å². The number of aromatic nitrogens is 4. The summed E-state index contributed by atoms with van der Waals surface area (Å²) in [5.74, 6) is 1.78. The van der Waals surface area contributed by atoms with E-state index >= 15 is 0 Å². The predicted octanol–water partition coefficient (Wildman–Crippen LogP) is 2.59. The highest BCUT2D eigenvalue weighted by molar-refractivity contribution is 6.07. The maximum Gasteiger partial charge on any atom is 0.264 e. The monoisotopic (exact) mass is 417 g/mol. The summed E-state index contributed by atoms with van der Waals surface area (Å²) in [6.07, 6.45) is 6.54. The summed E-state index contributed by atoms with van der Waals surface area (Å²) in [6.45, 7) is 3.36. The van der Waals surface area contributed by atoms with Crippen molar-refractivity contribution < 1.29 is 4.74 Å². The molecular weight excluding hydrogens is 394 g/mol. The van der Waals surface area contributed by atoms with Gasteiger partial charge in [-0.25, -0.2) is 9.97 Å². The van der Waals surface area contributed by atoms with Crippen molar-refractivity contribution in [3.63, 3.8) is 0 Å². The van der Waals surface area contributed by atoms with Gasteiger partial charge < -0.3 is 20.8 Å². The minimum atomic E-state index is -0.0939. The molecule has 0 amide bonds. The summed E-state index contributed by atoms with van der Waals surface area (Å²) in [4.78, 5) is 28.2.